The Morgan fingerprint density at radius 2 is 1.96 bits per heavy atom. The molecule has 1 aromatic heterocycles. The standard InChI is InChI=1S/C21H30N4OS/c1-4-6-25(14-21-10-20(11-21,12-21)13-24(2)3)19(26)15-8-17-16(5-7-27-17)23-18(22)9-15/h5,7-8H,4,6,9-14H2,1-3H3,(H2,22,23). The Morgan fingerprint density at radius 1 is 1.26 bits per heavy atom. The van der Waals surface area contributed by atoms with E-state index in [4.69, 9.17) is 5.73 Å². The minimum atomic E-state index is 0.141. The third-order valence-electron chi connectivity index (χ3n) is 6.10. The maximum Gasteiger partial charge on any atom is 0.250 e. The molecule has 0 unspecified atom stereocenters. The first-order valence-electron chi connectivity index (χ1n) is 9.89. The Kier molecular flexibility index (Phi) is 4.67. The lowest BCUT2D eigenvalue weighted by Crippen LogP contribution is -2.68. The van der Waals surface area contributed by atoms with Gasteiger partial charge in [0.25, 0.3) is 0 Å². The summed E-state index contributed by atoms with van der Waals surface area (Å²) in [4.78, 5) is 23.2. The van der Waals surface area contributed by atoms with Gasteiger partial charge in [0.2, 0.25) is 5.91 Å². The van der Waals surface area contributed by atoms with Gasteiger partial charge in [-0.1, -0.05) is 6.92 Å². The molecule has 0 spiro atoms. The largest absolute Gasteiger partial charge is 0.387 e. The molecule has 3 aliphatic carbocycles. The average molecular weight is 387 g/mol. The molecule has 3 saturated carbocycles. The van der Waals surface area contributed by atoms with Gasteiger partial charge in [0.15, 0.2) is 0 Å². The van der Waals surface area contributed by atoms with E-state index in [9.17, 15) is 4.79 Å². The van der Waals surface area contributed by atoms with Crippen molar-refractivity contribution in [2.24, 2.45) is 21.6 Å². The number of hydrogen-bond donors (Lipinski definition) is 1. The van der Waals surface area contributed by atoms with Gasteiger partial charge in [-0.2, -0.15) is 0 Å². The molecule has 2 heterocycles. The molecule has 1 aromatic rings. The number of amides is 1. The Labute approximate surface area is 165 Å². The van der Waals surface area contributed by atoms with Crippen molar-refractivity contribution in [2.75, 3.05) is 33.7 Å². The summed E-state index contributed by atoms with van der Waals surface area (Å²) in [6, 6.07) is 1.96. The van der Waals surface area contributed by atoms with Crippen molar-refractivity contribution in [3.63, 3.8) is 0 Å². The van der Waals surface area contributed by atoms with E-state index >= 15 is 0 Å². The van der Waals surface area contributed by atoms with Crippen LogP contribution in [0, 0.1) is 10.8 Å². The second-order valence-corrected chi connectivity index (χ2v) is 10.1. The van der Waals surface area contributed by atoms with Crippen LogP contribution >= 0.6 is 11.3 Å². The lowest BCUT2D eigenvalue weighted by molar-refractivity contribution is -0.218. The average Bonchev–Trinajstić information content (AvgIpc) is 2.89. The fraction of sp³-hybridized carbons (Fsp3) is 0.619. The first kappa shape index (κ1) is 18.7. The molecule has 0 saturated heterocycles. The molecule has 0 radical (unpaired) electrons. The Hall–Kier alpha value is -1.66. The number of carbonyl (C=O) groups is 1. The van der Waals surface area contributed by atoms with E-state index in [0.717, 1.165) is 35.6 Å². The maximum atomic E-state index is 13.4. The van der Waals surface area contributed by atoms with Crippen LogP contribution in [0.1, 0.15) is 43.9 Å². The van der Waals surface area contributed by atoms with E-state index in [1.807, 2.05) is 17.5 Å². The molecule has 2 bridgehead atoms. The predicted molar refractivity (Wildman–Crippen MR) is 112 cm³/mol. The van der Waals surface area contributed by atoms with Crippen LogP contribution in [0.4, 0.5) is 5.69 Å². The molecular weight excluding hydrogens is 356 g/mol. The maximum absolute atomic E-state index is 13.4. The minimum Gasteiger partial charge on any atom is -0.387 e. The van der Waals surface area contributed by atoms with Crippen molar-refractivity contribution in [3.8, 4) is 0 Å². The smallest absolute Gasteiger partial charge is 0.250 e. The van der Waals surface area contributed by atoms with Crippen molar-refractivity contribution in [1.82, 2.24) is 9.80 Å². The second kappa shape index (κ2) is 6.74. The van der Waals surface area contributed by atoms with E-state index in [2.05, 4.69) is 35.8 Å². The molecule has 146 valence electrons. The molecule has 3 fully saturated rings. The number of hydrogen-bond acceptors (Lipinski definition) is 5. The third kappa shape index (κ3) is 3.45. The molecule has 1 amide bonds. The number of nitrogens with two attached hydrogens (primary N) is 1. The first-order chi connectivity index (χ1) is 12.8. The fourth-order valence-corrected chi connectivity index (χ4v) is 6.41. The molecule has 0 aromatic carbocycles. The third-order valence-corrected chi connectivity index (χ3v) is 6.95. The molecule has 6 heteroatoms. The summed E-state index contributed by atoms with van der Waals surface area (Å²) in [6.07, 6.45) is 7.23. The van der Waals surface area contributed by atoms with Crippen molar-refractivity contribution in [2.45, 2.75) is 39.0 Å². The van der Waals surface area contributed by atoms with Gasteiger partial charge in [0, 0.05) is 31.6 Å². The number of amidine groups is 1. The summed E-state index contributed by atoms with van der Waals surface area (Å²) in [5.74, 6) is 0.668. The number of fused-ring (bicyclic) bond motifs is 1. The van der Waals surface area contributed by atoms with Crippen LogP contribution in [0.5, 0.6) is 0 Å². The van der Waals surface area contributed by atoms with Gasteiger partial charge in [0.1, 0.15) is 5.84 Å². The summed E-state index contributed by atoms with van der Waals surface area (Å²) in [6.45, 7) is 5.02. The zero-order chi connectivity index (χ0) is 19.2. The van der Waals surface area contributed by atoms with E-state index in [1.165, 1.54) is 25.8 Å². The van der Waals surface area contributed by atoms with Crippen molar-refractivity contribution >= 4 is 34.8 Å². The number of carbonyl (C=O) groups excluding carboxylic acids is 1. The molecule has 1 aliphatic heterocycles. The van der Waals surface area contributed by atoms with E-state index in [-0.39, 0.29) is 5.91 Å². The number of rotatable bonds is 7. The molecule has 2 N–H and O–H groups in total. The van der Waals surface area contributed by atoms with Gasteiger partial charge in [0.05, 0.1) is 10.6 Å². The van der Waals surface area contributed by atoms with Gasteiger partial charge in [-0.15, -0.1) is 11.3 Å². The molecule has 27 heavy (non-hydrogen) atoms. The van der Waals surface area contributed by atoms with E-state index in [1.54, 1.807) is 11.3 Å². The molecule has 5 nitrogen and oxygen atoms in total. The van der Waals surface area contributed by atoms with Crippen molar-refractivity contribution in [3.05, 3.63) is 21.9 Å². The molecule has 4 aliphatic rings. The monoisotopic (exact) mass is 386 g/mol. The van der Waals surface area contributed by atoms with Crippen LogP contribution in [0.15, 0.2) is 22.0 Å². The summed E-state index contributed by atoms with van der Waals surface area (Å²) >= 11 is 1.61. The Morgan fingerprint density at radius 3 is 2.63 bits per heavy atom. The van der Waals surface area contributed by atoms with Crippen LogP contribution in [0.3, 0.4) is 0 Å². The quantitative estimate of drug-likeness (QED) is 0.780. The van der Waals surface area contributed by atoms with Crippen LogP contribution in [-0.2, 0) is 4.79 Å². The minimum absolute atomic E-state index is 0.141. The van der Waals surface area contributed by atoms with Crippen molar-refractivity contribution < 1.29 is 4.79 Å². The number of nitrogens with zero attached hydrogens (tertiary/aromatic N) is 3. The van der Waals surface area contributed by atoms with Crippen LogP contribution < -0.4 is 5.73 Å². The molecule has 5 rings (SSSR count). The van der Waals surface area contributed by atoms with Crippen LogP contribution in [0.25, 0.3) is 6.08 Å². The number of aliphatic imine (C=N–C) groups is 1. The highest BCUT2D eigenvalue weighted by molar-refractivity contribution is 7.11. The normalized spacial score (nSPS) is 28.4. The Bertz CT molecular complexity index is 787. The SMILES string of the molecule is CCCN(CC12CC(CN(C)C)(C1)C2)C(=O)C1=Cc2sccc2N=C(N)C1. The fourth-order valence-electron chi connectivity index (χ4n) is 5.62. The molecular formula is C21H30N4OS. The summed E-state index contributed by atoms with van der Waals surface area (Å²) < 4.78 is 0. The van der Waals surface area contributed by atoms with Crippen molar-refractivity contribution in [1.29, 1.82) is 0 Å². The van der Waals surface area contributed by atoms with Crippen LogP contribution in [-0.4, -0.2) is 55.3 Å². The second-order valence-electron chi connectivity index (χ2n) is 9.11. The number of thiophene rings is 1. The van der Waals surface area contributed by atoms with Gasteiger partial charge in [-0.05, 0) is 68.1 Å². The van der Waals surface area contributed by atoms with Gasteiger partial charge in [-0.3, -0.25) is 4.79 Å². The summed E-state index contributed by atoms with van der Waals surface area (Å²) in [5.41, 5.74) is 8.63. The van der Waals surface area contributed by atoms with E-state index in [0.29, 0.717) is 23.1 Å². The highest BCUT2D eigenvalue weighted by atomic mass is 32.1. The lowest BCUT2D eigenvalue weighted by Gasteiger charge is -2.72. The lowest BCUT2D eigenvalue weighted by atomic mass is 9.35. The zero-order valence-corrected chi connectivity index (χ0v) is 17.4. The van der Waals surface area contributed by atoms with Crippen LogP contribution in [0.2, 0.25) is 0 Å². The van der Waals surface area contributed by atoms with E-state index < -0.39 is 0 Å². The topological polar surface area (TPSA) is 61.9 Å². The predicted octanol–water partition coefficient (Wildman–Crippen LogP) is 3.49. The highest BCUT2D eigenvalue weighted by Gasteiger charge is 2.67. The molecule has 0 atom stereocenters. The zero-order valence-electron chi connectivity index (χ0n) is 16.6. The Balaban J connectivity index is 1.47. The summed E-state index contributed by atoms with van der Waals surface area (Å²) in [7, 11) is 4.31. The highest BCUT2D eigenvalue weighted by Crippen LogP contribution is 2.73. The van der Waals surface area contributed by atoms with Gasteiger partial charge >= 0.3 is 0 Å². The summed E-state index contributed by atoms with van der Waals surface area (Å²) in [5, 5.41) is 2.00. The first-order valence-corrected chi connectivity index (χ1v) is 10.8. The van der Waals surface area contributed by atoms with Gasteiger partial charge < -0.3 is 15.5 Å². The van der Waals surface area contributed by atoms with Gasteiger partial charge in [-0.25, -0.2) is 4.99 Å².